The van der Waals surface area contributed by atoms with E-state index in [4.69, 9.17) is 4.74 Å². The van der Waals surface area contributed by atoms with Crippen molar-refractivity contribution in [1.82, 2.24) is 10.2 Å². The van der Waals surface area contributed by atoms with Crippen molar-refractivity contribution in [2.75, 3.05) is 12.4 Å². The van der Waals surface area contributed by atoms with E-state index < -0.39 is 0 Å². The number of methoxy groups -OCH3 is 1. The SMILES string of the molecule is COc1ccc(O)c(CNc2nnc(CC(C)C)s2)c1. The van der Waals surface area contributed by atoms with Crippen LogP contribution in [0.4, 0.5) is 5.13 Å². The quantitative estimate of drug-likeness (QED) is 0.856. The first-order chi connectivity index (χ1) is 9.58. The van der Waals surface area contributed by atoms with E-state index in [0.29, 0.717) is 12.5 Å². The molecule has 1 heterocycles. The summed E-state index contributed by atoms with van der Waals surface area (Å²) >= 11 is 1.55. The smallest absolute Gasteiger partial charge is 0.205 e. The molecular formula is C14H19N3O2S. The highest BCUT2D eigenvalue weighted by molar-refractivity contribution is 7.15. The summed E-state index contributed by atoms with van der Waals surface area (Å²) in [5.74, 6) is 1.53. The Labute approximate surface area is 122 Å². The number of aromatic nitrogens is 2. The van der Waals surface area contributed by atoms with Crippen molar-refractivity contribution in [3.8, 4) is 11.5 Å². The summed E-state index contributed by atoms with van der Waals surface area (Å²) < 4.78 is 5.15. The molecule has 108 valence electrons. The third-order valence-electron chi connectivity index (χ3n) is 2.77. The third-order valence-corrected chi connectivity index (χ3v) is 3.67. The summed E-state index contributed by atoms with van der Waals surface area (Å²) in [7, 11) is 1.60. The number of rotatable bonds is 6. The molecule has 0 saturated carbocycles. The summed E-state index contributed by atoms with van der Waals surface area (Å²) in [5.41, 5.74) is 0.768. The fourth-order valence-corrected chi connectivity index (χ4v) is 2.71. The molecule has 20 heavy (non-hydrogen) atoms. The molecule has 0 fully saturated rings. The average Bonchev–Trinajstić information content (AvgIpc) is 2.84. The van der Waals surface area contributed by atoms with Crippen LogP contribution in [-0.2, 0) is 13.0 Å². The van der Waals surface area contributed by atoms with Crippen molar-refractivity contribution in [2.24, 2.45) is 5.92 Å². The van der Waals surface area contributed by atoms with Gasteiger partial charge in [0.2, 0.25) is 5.13 Å². The summed E-state index contributed by atoms with van der Waals surface area (Å²) in [5, 5.41) is 23.0. The first-order valence-electron chi connectivity index (χ1n) is 6.50. The van der Waals surface area contributed by atoms with Crippen LogP contribution in [0.1, 0.15) is 24.4 Å². The second-order valence-corrected chi connectivity index (χ2v) is 6.01. The minimum absolute atomic E-state index is 0.241. The maximum atomic E-state index is 9.80. The molecule has 1 aromatic heterocycles. The Morgan fingerprint density at radius 1 is 1.35 bits per heavy atom. The highest BCUT2D eigenvalue weighted by Crippen LogP contribution is 2.25. The summed E-state index contributed by atoms with van der Waals surface area (Å²) in [6.45, 7) is 4.80. The molecule has 0 aliphatic carbocycles. The van der Waals surface area contributed by atoms with E-state index in [1.54, 1.807) is 36.6 Å². The van der Waals surface area contributed by atoms with E-state index in [0.717, 1.165) is 27.9 Å². The number of phenolic OH excluding ortho intramolecular Hbond substituents is 1. The molecule has 0 aliphatic heterocycles. The lowest BCUT2D eigenvalue weighted by molar-refractivity contribution is 0.411. The number of anilines is 1. The predicted molar refractivity (Wildman–Crippen MR) is 80.4 cm³/mol. The van der Waals surface area contributed by atoms with Gasteiger partial charge in [0.25, 0.3) is 0 Å². The van der Waals surface area contributed by atoms with E-state index in [-0.39, 0.29) is 5.75 Å². The Kier molecular flexibility index (Phi) is 4.79. The maximum absolute atomic E-state index is 9.80. The highest BCUT2D eigenvalue weighted by atomic mass is 32.1. The van der Waals surface area contributed by atoms with Crippen molar-refractivity contribution >= 4 is 16.5 Å². The molecule has 1 aromatic carbocycles. The Balaban J connectivity index is 1.99. The molecule has 0 aliphatic rings. The molecule has 0 unspecified atom stereocenters. The monoisotopic (exact) mass is 293 g/mol. The van der Waals surface area contributed by atoms with Crippen LogP contribution >= 0.6 is 11.3 Å². The fraction of sp³-hybridized carbons (Fsp3) is 0.429. The first-order valence-corrected chi connectivity index (χ1v) is 7.32. The Morgan fingerprint density at radius 2 is 2.15 bits per heavy atom. The minimum Gasteiger partial charge on any atom is -0.508 e. The van der Waals surface area contributed by atoms with Gasteiger partial charge in [-0.1, -0.05) is 25.2 Å². The Morgan fingerprint density at radius 3 is 2.85 bits per heavy atom. The zero-order chi connectivity index (χ0) is 14.5. The van der Waals surface area contributed by atoms with Gasteiger partial charge in [0, 0.05) is 18.5 Å². The largest absolute Gasteiger partial charge is 0.508 e. The van der Waals surface area contributed by atoms with Crippen molar-refractivity contribution in [1.29, 1.82) is 0 Å². The number of aromatic hydroxyl groups is 1. The number of benzene rings is 1. The molecule has 2 aromatic rings. The van der Waals surface area contributed by atoms with Gasteiger partial charge in [-0.25, -0.2) is 0 Å². The van der Waals surface area contributed by atoms with Crippen molar-refractivity contribution in [3.05, 3.63) is 28.8 Å². The van der Waals surface area contributed by atoms with E-state index >= 15 is 0 Å². The first kappa shape index (κ1) is 14.6. The zero-order valence-corrected chi connectivity index (χ0v) is 12.7. The van der Waals surface area contributed by atoms with Gasteiger partial charge in [0.15, 0.2) is 0 Å². The molecule has 2 rings (SSSR count). The number of hydrogen-bond acceptors (Lipinski definition) is 6. The summed E-state index contributed by atoms with van der Waals surface area (Å²) in [6.07, 6.45) is 0.934. The van der Waals surface area contributed by atoms with Crippen LogP contribution in [0, 0.1) is 5.92 Å². The van der Waals surface area contributed by atoms with Gasteiger partial charge in [-0.3, -0.25) is 0 Å². The molecule has 0 bridgehead atoms. The molecule has 0 radical (unpaired) electrons. The second kappa shape index (κ2) is 6.56. The lowest BCUT2D eigenvalue weighted by atomic mass is 10.1. The van der Waals surface area contributed by atoms with E-state index in [1.165, 1.54) is 0 Å². The van der Waals surface area contributed by atoms with E-state index in [2.05, 4.69) is 29.4 Å². The molecule has 0 saturated heterocycles. The molecular weight excluding hydrogens is 274 g/mol. The highest BCUT2D eigenvalue weighted by Gasteiger charge is 2.08. The normalized spacial score (nSPS) is 10.8. The van der Waals surface area contributed by atoms with Gasteiger partial charge in [0.05, 0.1) is 7.11 Å². The Bertz CT molecular complexity index is 569. The molecule has 0 atom stereocenters. The van der Waals surface area contributed by atoms with Gasteiger partial charge in [-0.2, -0.15) is 0 Å². The average molecular weight is 293 g/mol. The lowest BCUT2D eigenvalue weighted by Crippen LogP contribution is -1.99. The number of nitrogens with one attached hydrogen (secondary N) is 1. The van der Waals surface area contributed by atoms with Gasteiger partial charge < -0.3 is 15.2 Å². The third kappa shape index (κ3) is 3.84. The number of hydrogen-bond donors (Lipinski definition) is 2. The standard InChI is InChI=1S/C14H19N3O2S/c1-9(2)6-13-16-17-14(20-13)15-8-10-7-11(19-3)4-5-12(10)18/h4-5,7,9,18H,6,8H2,1-3H3,(H,15,17). The van der Waals surface area contributed by atoms with E-state index in [9.17, 15) is 5.11 Å². The van der Waals surface area contributed by atoms with Gasteiger partial charge in [-0.15, -0.1) is 10.2 Å². The van der Waals surface area contributed by atoms with Crippen LogP contribution in [0.15, 0.2) is 18.2 Å². The van der Waals surface area contributed by atoms with Gasteiger partial charge in [-0.05, 0) is 24.1 Å². The molecule has 0 spiro atoms. The fourth-order valence-electron chi connectivity index (χ4n) is 1.76. The minimum atomic E-state index is 0.241. The molecule has 5 nitrogen and oxygen atoms in total. The predicted octanol–water partition coefficient (Wildman–Crippen LogP) is 3.06. The van der Waals surface area contributed by atoms with Crippen molar-refractivity contribution < 1.29 is 9.84 Å². The number of ether oxygens (including phenoxy) is 1. The molecule has 0 amide bonds. The number of phenols is 1. The van der Waals surface area contributed by atoms with Crippen molar-refractivity contribution in [2.45, 2.75) is 26.8 Å². The van der Waals surface area contributed by atoms with Crippen LogP contribution < -0.4 is 10.1 Å². The Hall–Kier alpha value is -1.82. The maximum Gasteiger partial charge on any atom is 0.205 e. The zero-order valence-electron chi connectivity index (χ0n) is 11.9. The van der Waals surface area contributed by atoms with Crippen molar-refractivity contribution in [3.63, 3.8) is 0 Å². The van der Waals surface area contributed by atoms with Crippen LogP contribution in [-0.4, -0.2) is 22.4 Å². The summed E-state index contributed by atoms with van der Waals surface area (Å²) in [4.78, 5) is 0. The lowest BCUT2D eigenvalue weighted by Gasteiger charge is -2.07. The van der Waals surface area contributed by atoms with Crippen LogP contribution in [0.3, 0.4) is 0 Å². The van der Waals surface area contributed by atoms with Gasteiger partial charge in [0.1, 0.15) is 16.5 Å². The van der Waals surface area contributed by atoms with Crippen LogP contribution in [0.5, 0.6) is 11.5 Å². The molecule has 2 N–H and O–H groups in total. The topological polar surface area (TPSA) is 67.3 Å². The van der Waals surface area contributed by atoms with Crippen LogP contribution in [0.2, 0.25) is 0 Å². The van der Waals surface area contributed by atoms with E-state index in [1.807, 2.05) is 0 Å². The number of nitrogens with zero attached hydrogens (tertiary/aromatic N) is 2. The second-order valence-electron chi connectivity index (χ2n) is 4.95. The van der Waals surface area contributed by atoms with Gasteiger partial charge >= 0.3 is 0 Å². The van der Waals surface area contributed by atoms with Crippen LogP contribution in [0.25, 0.3) is 0 Å². The molecule has 6 heteroatoms. The summed E-state index contributed by atoms with van der Waals surface area (Å²) in [6, 6.07) is 5.16.